The number of rotatable bonds is 2. The van der Waals surface area contributed by atoms with Gasteiger partial charge in [0.1, 0.15) is 5.82 Å². The first-order valence-electron chi connectivity index (χ1n) is 7.47. The number of carbonyl (C=O) groups excluding carboxylic acids is 2. The second-order valence-electron chi connectivity index (χ2n) is 5.72. The van der Waals surface area contributed by atoms with E-state index in [9.17, 15) is 14.0 Å². The largest absolute Gasteiger partial charge is 0.271 e. The second kappa shape index (κ2) is 5.23. The van der Waals surface area contributed by atoms with Gasteiger partial charge in [-0.15, -0.1) is 0 Å². The molecular weight excluding hydrogens is 311 g/mol. The van der Waals surface area contributed by atoms with Crippen molar-refractivity contribution in [2.24, 2.45) is 10.3 Å². The van der Waals surface area contributed by atoms with Gasteiger partial charge in [0.2, 0.25) is 0 Å². The van der Waals surface area contributed by atoms with E-state index in [1.54, 1.807) is 49.4 Å². The lowest BCUT2D eigenvalue weighted by atomic mass is 10.1. The van der Waals surface area contributed by atoms with Crippen LogP contribution in [0.25, 0.3) is 0 Å². The van der Waals surface area contributed by atoms with Gasteiger partial charge in [-0.2, -0.15) is 5.11 Å². The molecular formula is C17H13FN4O2. The highest BCUT2D eigenvalue weighted by molar-refractivity contribution is 6.26. The van der Waals surface area contributed by atoms with E-state index >= 15 is 0 Å². The molecule has 2 atom stereocenters. The number of imide groups is 1. The molecule has 1 saturated heterocycles. The van der Waals surface area contributed by atoms with Gasteiger partial charge in [0, 0.05) is 0 Å². The number of aryl methyl sites for hydroxylation is 1. The van der Waals surface area contributed by atoms with Gasteiger partial charge in [0.25, 0.3) is 11.8 Å². The molecule has 0 N–H and O–H groups in total. The molecule has 0 spiro atoms. The molecule has 2 heterocycles. The fraction of sp³-hybridized carbons (Fsp3) is 0.176. The molecule has 7 heteroatoms. The van der Waals surface area contributed by atoms with Crippen molar-refractivity contribution in [1.82, 2.24) is 0 Å². The Kier molecular flexibility index (Phi) is 3.16. The highest BCUT2D eigenvalue weighted by atomic mass is 19.1. The van der Waals surface area contributed by atoms with E-state index < -0.39 is 29.7 Å². The van der Waals surface area contributed by atoms with Crippen molar-refractivity contribution in [3.05, 3.63) is 59.9 Å². The zero-order valence-electron chi connectivity index (χ0n) is 12.8. The van der Waals surface area contributed by atoms with Crippen molar-refractivity contribution in [3.8, 4) is 0 Å². The first-order valence-corrected chi connectivity index (χ1v) is 7.47. The van der Waals surface area contributed by atoms with Gasteiger partial charge in [-0.25, -0.2) is 14.3 Å². The van der Waals surface area contributed by atoms with E-state index in [1.807, 2.05) is 0 Å². The van der Waals surface area contributed by atoms with Gasteiger partial charge in [0.05, 0.1) is 11.4 Å². The summed E-state index contributed by atoms with van der Waals surface area (Å²) in [5.74, 6) is -1.24. The first kappa shape index (κ1) is 14.5. The third-order valence-electron chi connectivity index (χ3n) is 4.22. The Labute approximate surface area is 137 Å². The van der Waals surface area contributed by atoms with Crippen LogP contribution in [0.5, 0.6) is 0 Å². The van der Waals surface area contributed by atoms with Crippen LogP contribution in [-0.4, -0.2) is 23.9 Å². The fourth-order valence-corrected chi connectivity index (χ4v) is 2.93. The van der Waals surface area contributed by atoms with Crippen molar-refractivity contribution < 1.29 is 14.0 Å². The third-order valence-corrected chi connectivity index (χ3v) is 4.22. The molecule has 24 heavy (non-hydrogen) atoms. The Bertz CT molecular complexity index is 868. The molecule has 0 radical (unpaired) electrons. The van der Waals surface area contributed by atoms with Gasteiger partial charge in [0.15, 0.2) is 12.1 Å². The summed E-state index contributed by atoms with van der Waals surface area (Å²) < 4.78 is 13.8. The van der Waals surface area contributed by atoms with Crippen LogP contribution >= 0.6 is 0 Å². The summed E-state index contributed by atoms with van der Waals surface area (Å²) in [7, 11) is 0. The Balaban J connectivity index is 1.71. The molecule has 6 nitrogen and oxygen atoms in total. The maximum Gasteiger partial charge on any atom is 0.263 e. The number of carbonyl (C=O) groups is 2. The average molecular weight is 324 g/mol. The molecule has 0 saturated carbocycles. The quantitative estimate of drug-likeness (QED) is 0.798. The van der Waals surface area contributed by atoms with Crippen LogP contribution in [0, 0.1) is 12.7 Å². The average Bonchev–Trinajstić information content (AvgIpc) is 3.12. The van der Waals surface area contributed by atoms with Gasteiger partial charge >= 0.3 is 0 Å². The molecule has 120 valence electrons. The monoisotopic (exact) mass is 324 g/mol. The highest BCUT2D eigenvalue weighted by Crippen LogP contribution is 2.35. The Morgan fingerprint density at radius 1 is 1.00 bits per heavy atom. The molecule has 0 unspecified atom stereocenters. The lowest BCUT2D eigenvalue weighted by molar-refractivity contribution is -0.121. The van der Waals surface area contributed by atoms with E-state index in [0.29, 0.717) is 16.9 Å². The van der Waals surface area contributed by atoms with Crippen LogP contribution in [0.3, 0.4) is 0 Å². The number of amides is 2. The Morgan fingerprint density at radius 3 is 2.46 bits per heavy atom. The minimum atomic E-state index is -0.901. The summed E-state index contributed by atoms with van der Waals surface area (Å²) in [5, 5.41) is 9.16. The number of para-hydroxylation sites is 1. The van der Waals surface area contributed by atoms with Crippen molar-refractivity contribution in [1.29, 1.82) is 0 Å². The van der Waals surface area contributed by atoms with Crippen LogP contribution in [0.15, 0.2) is 58.9 Å². The number of halogens is 1. The predicted molar refractivity (Wildman–Crippen MR) is 85.0 cm³/mol. The third kappa shape index (κ3) is 2.01. The summed E-state index contributed by atoms with van der Waals surface area (Å²) in [5.41, 5.74) is 1.38. The van der Waals surface area contributed by atoms with E-state index in [0.717, 1.165) is 4.90 Å². The number of hydrogen-bond acceptors (Lipinski definition) is 5. The summed E-state index contributed by atoms with van der Waals surface area (Å²) in [6.07, 6.45) is 0. The van der Waals surface area contributed by atoms with Crippen LogP contribution in [0.4, 0.5) is 15.8 Å². The summed E-state index contributed by atoms with van der Waals surface area (Å²) >= 11 is 0. The van der Waals surface area contributed by atoms with Gasteiger partial charge in [-0.1, -0.05) is 29.5 Å². The normalized spacial score (nSPS) is 22.4. The zero-order chi connectivity index (χ0) is 16.8. The lowest BCUT2D eigenvalue weighted by Crippen LogP contribution is -2.40. The van der Waals surface area contributed by atoms with Gasteiger partial charge in [-0.05, 0) is 36.8 Å². The molecule has 2 aromatic carbocycles. The standard InChI is InChI=1S/C17H13FN4O2/c1-10-7-8-12(9-13(10)18)22-15-14(19-20-22)16(23)21(17(15)24)11-5-3-2-4-6-11/h2-9,14-15H,1H3/t14-,15+/m0/s1. The van der Waals surface area contributed by atoms with Crippen LogP contribution < -0.4 is 9.91 Å². The fourth-order valence-electron chi connectivity index (χ4n) is 2.93. The molecule has 2 aliphatic heterocycles. The maximum atomic E-state index is 13.8. The predicted octanol–water partition coefficient (Wildman–Crippen LogP) is 2.63. The van der Waals surface area contributed by atoms with Gasteiger partial charge < -0.3 is 0 Å². The van der Waals surface area contributed by atoms with Gasteiger partial charge in [-0.3, -0.25) is 9.59 Å². The molecule has 0 aromatic heterocycles. The van der Waals surface area contributed by atoms with E-state index in [2.05, 4.69) is 10.3 Å². The highest BCUT2D eigenvalue weighted by Gasteiger charge is 2.55. The number of benzene rings is 2. The van der Waals surface area contributed by atoms with E-state index in [1.165, 1.54) is 11.1 Å². The summed E-state index contributed by atoms with van der Waals surface area (Å²) in [6, 6.07) is 11.4. The molecule has 4 rings (SSSR count). The Morgan fingerprint density at radius 2 is 1.75 bits per heavy atom. The number of fused-ring (bicyclic) bond motifs is 1. The maximum absolute atomic E-state index is 13.8. The van der Waals surface area contributed by atoms with Crippen LogP contribution in [-0.2, 0) is 9.59 Å². The van der Waals surface area contributed by atoms with Crippen molar-refractivity contribution in [2.75, 3.05) is 9.91 Å². The van der Waals surface area contributed by atoms with Crippen molar-refractivity contribution >= 4 is 23.2 Å². The second-order valence-corrected chi connectivity index (χ2v) is 5.72. The number of anilines is 2. The smallest absolute Gasteiger partial charge is 0.263 e. The zero-order valence-corrected chi connectivity index (χ0v) is 12.8. The minimum Gasteiger partial charge on any atom is -0.271 e. The SMILES string of the molecule is Cc1ccc(N2N=N[C@@H]3C(=O)N(c4ccccc4)C(=O)[C@@H]32)cc1F. The topological polar surface area (TPSA) is 65.3 Å². The number of nitrogens with zero attached hydrogens (tertiary/aromatic N) is 4. The molecule has 2 amide bonds. The lowest BCUT2D eigenvalue weighted by Gasteiger charge is -2.20. The van der Waals surface area contributed by atoms with E-state index in [4.69, 9.17) is 0 Å². The van der Waals surface area contributed by atoms with Crippen molar-refractivity contribution in [2.45, 2.75) is 19.0 Å². The van der Waals surface area contributed by atoms with Crippen LogP contribution in [0.1, 0.15) is 5.56 Å². The molecule has 1 fully saturated rings. The number of hydrogen-bond donors (Lipinski definition) is 0. The molecule has 2 aromatic rings. The molecule has 0 aliphatic carbocycles. The first-order chi connectivity index (χ1) is 11.6. The van der Waals surface area contributed by atoms with E-state index in [-0.39, 0.29) is 0 Å². The molecule has 0 bridgehead atoms. The van der Waals surface area contributed by atoms with Crippen LogP contribution in [0.2, 0.25) is 0 Å². The summed E-state index contributed by atoms with van der Waals surface area (Å²) in [6.45, 7) is 1.65. The minimum absolute atomic E-state index is 0.394. The molecule has 2 aliphatic rings. The summed E-state index contributed by atoms with van der Waals surface area (Å²) in [4.78, 5) is 26.4. The van der Waals surface area contributed by atoms with Crippen molar-refractivity contribution in [3.63, 3.8) is 0 Å². The Hall–Kier alpha value is -3.09.